The van der Waals surface area contributed by atoms with Crippen molar-refractivity contribution in [1.29, 1.82) is 0 Å². The maximum Gasteiger partial charge on any atom is 0.101 e. The van der Waals surface area contributed by atoms with Crippen molar-refractivity contribution in [2.45, 2.75) is 39.7 Å². The minimum absolute atomic E-state index is 0.0855. The van der Waals surface area contributed by atoms with Gasteiger partial charge < -0.3 is 10.1 Å². The van der Waals surface area contributed by atoms with Gasteiger partial charge in [0.1, 0.15) is 6.10 Å². The fourth-order valence-corrected chi connectivity index (χ4v) is 2.36. The Hall–Kier alpha value is -1.54. The molecule has 0 spiro atoms. The molecule has 0 saturated heterocycles. The lowest BCUT2D eigenvalue weighted by atomic mass is 9.92. The summed E-state index contributed by atoms with van der Waals surface area (Å²) in [6.45, 7) is 8.26. The number of rotatable bonds is 3. The first-order valence-electron chi connectivity index (χ1n) is 6.41. The molecule has 18 heavy (non-hydrogen) atoms. The van der Waals surface area contributed by atoms with E-state index in [1.54, 1.807) is 0 Å². The molecule has 2 aromatic rings. The molecule has 0 aliphatic heterocycles. The molecule has 2 atom stereocenters. The van der Waals surface area contributed by atoms with Gasteiger partial charge in [-0.1, -0.05) is 37.3 Å². The molecule has 96 valence electrons. The fourth-order valence-electron chi connectivity index (χ4n) is 2.36. The molecule has 0 aliphatic carbocycles. The van der Waals surface area contributed by atoms with Gasteiger partial charge in [0.2, 0.25) is 0 Å². The van der Waals surface area contributed by atoms with Crippen LogP contribution in [0.4, 0.5) is 0 Å². The minimum Gasteiger partial charge on any atom is -0.386 e. The summed E-state index contributed by atoms with van der Waals surface area (Å²) < 4.78 is 0. The first-order valence-corrected chi connectivity index (χ1v) is 6.41. The summed E-state index contributed by atoms with van der Waals surface area (Å²) in [5.41, 5.74) is 5.66. The number of benzene rings is 1. The first-order chi connectivity index (χ1) is 8.52. The average molecular weight is 243 g/mol. The van der Waals surface area contributed by atoms with Crippen LogP contribution in [0.3, 0.4) is 0 Å². The van der Waals surface area contributed by atoms with Gasteiger partial charge in [-0.05, 0) is 37.5 Å². The number of aliphatic hydroxyl groups is 1. The van der Waals surface area contributed by atoms with E-state index in [0.29, 0.717) is 0 Å². The van der Waals surface area contributed by atoms with Crippen molar-refractivity contribution in [3.8, 4) is 0 Å². The van der Waals surface area contributed by atoms with Crippen LogP contribution >= 0.6 is 0 Å². The average Bonchev–Trinajstić information content (AvgIpc) is 2.66. The Kier molecular flexibility index (Phi) is 3.58. The molecule has 0 amide bonds. The van der Waals surface area contributed by atoms with Crippen molar-refractivity contribution in [3.63, 3.8) is 0 Å². The van der Waals surface area contributed by atoms with Crippen molar-refractivity contribution in [1.82, 2.24) is 4.98 Å². The smallest absolute Gasteiger partial charge is 0.101 e. The van der Waals surface area contributed by atoms with Crippen LogP contribution in [0, 0.1) is 20.8 Å². The Bertz CT molecular complexity index is 528. The van der Waals surface area contributed by atoms with Gasteiger partial charge in [0.05, 0.1) is 0 Å². The number of nitrogens with one attached hydrogen (secondary N) is 1. The van der Waals surface area contributed by atoms with Gasteiger partial charge in [-0.15, -0.1) is 0 Å². The largest absolute Gasteiger partial charge is 0.386 e. The molecule has 0 fully saturated rings. The third-order valence-electron chi connectivity index (χ3n) is 3.95. The monoisotopic (exact) mass is 243 g/mol. The second kappa shape index (κ2) is 4.99. The molecule has 0 bridgehead atoms. The normalized spacial score (nSPS) is 14.5. The summed E-state index contributed by atoms with van der Waals surface area (Å²) in [6.07, 6.45) is -0.486. The molecule has 1 aromatic heterocycles. The number of hydrogen-bond donors (Lipinski definition) is 2. The Morgan fingerprint density at radius 1 is 1.00 bits per heavy atom. The van der Waals surface area contributed by atoms with E-state index in [0.717, 1.165) is 17.0 Å². The Labute approximate surface area is 109 Å². The number of aromatic nitrogens is 1. The molecule has 2 rings (SSSR count). The van der Waals surface area contributed by atoms with Crippen molar-refractivity contribution >= 4 is 0 Å². The van der Waals surface area contributed by atoms with Gasteiger partial charge in [-0.25, -0.2) is 0 Å². The predicted molar refractivity (Wildman–Crippen MR) is 74.8 cm³/mol. The lowest BCUT2D eigenvalue weighted by Gasteiger charge is -2.19. The van der Waals surface area contributed by atoms with Gasteiger partial charge in [-0.2, -0.15) is 0 Å². The van der Waals surface area contributed by atoms with Crippen LogP contribution in [-0.4, -0.2) is 10.1 Å². The van der Waals surface area contributed by atoms with Crippen LogP contribution in [-0.2, 0) is 0 Å². The van der Waals surface area contributed by atoms with Crippen molar-refractivity contribution in [2.75, 3.05) is 0 Å². The zero-order valence-electron chi connectivity index (χ0n) is 11.5. The highest BCUT2D eigenvalue weighted by Gasteiger charge is 2.22. The zero-order valence-corrected chi connectivity index (χ0v) is 11.5. The topological polar surface area (TPSA) is 36.0 Å². The maximum absolute atomic E-state index is 10.5. The van der Waals surface area contributed by atoms with Crippen LogP contribution in [0.1, 0.15) is 47.0 Å². The summed E-state index contributed by atoms with van der Waals surface area (Å²) in [5.74, 6) is 0.0855. The van der Waals surface area contributed by atoms with Gasteiger partial charge in [0, 0.05) is 17.3 Å². The van der Waals surface area contributed by atoms with Crippen molar-refractivity contribution < 1.29 is 5.11 Å². The summed E-state index contributed by atoms with van der Waals surface area (Å²) in [6, 6.07) is 10.1. The Morgan fingerprint density at radius 2 is 1.61 bits per heavy atom. The molecule has 0 radical (unpaired) electrons. The quantitative estimate of drug-likeness (QED) is 0.845. The lowest BCUT2D eigenvalue weighted by Crippen LogP contribution is -2.09. The summed E-state index contributed by atoms with van der Waals surface area (Å²) >= 11 is 0. The Balaban J connectivity index is 2.31. The number of H-pyrrole nitrogens is 1. The molecule has 0 saturated carbocycles. The van der Waals surface area contributed by atoms with Crippen LogP contribution in [0.15, 0.2) is 30.3 Å². The van der Waals surface area contributed by atoms with E-state index in [1.165, 1.54) is 11.1 Å². The fraction of sp³-hybridized carbons (Fsp3) is 0.375. The molecule has 0 aliphatic rings. The van der Waals surface area contributed by atoms with Crippen LogP contribution in [0.25, 0.3) is 0 Å². The highest BCUT2D eigenvalue weighted by molar-refractivity contribution is 5.37. The van der Waals surface area contributed by atoms with E-state index in [2.05, 4.69) is 37.9 Å². The second-order valence-electron chi connectivity index (χ2n) is 5.06. The summed E-state index contributed by atoms with van der Waals surface area (Å²) in [7, 11) is 0. The van der Waals surface area contributed by atoms with E-state index in [1.807, 2.05) is 25.1 Å². The molecular formula is C16H21NO. The van der Waals surface area contributed by atoms with E-state index in [9.17, 15) is 5.11 Å². The molecule has 2 N–H and O–H groups in total. The third-order valence-corrected chi connectivity index (χ3v) is 3.95. The highest BCUT2D eigenvalue weighted by atomic mass is 16.3. The van der Waals surface area contributed by atoms with Crippen molar-refractivity contribution in [3.05, 3.63) is 58.4 Å². The second-order valence-corrected chi connectivity index (χ2v) is 5.06. The van der Waals surface area contributed by atoms with Crippen molar-refractivity contribution in [2.24, 2.45) is 0 Å². The summed E-state index contributed by atoms with van der Waals surface area (Å²) in [4.78, 5) is 3.31. The lowest BCUT2D eigenvalue weighted by molar-refractivity contribution is 0.147. The van der Waals surface area contributed by atoms with Gasteiger partial charge >= 0.3 is 0 Å². The minimum atomic E-state index is -0.486. The molecule has 2 nitrogen and oxygen atoms in total. The number of aryl methyl sites for hydroxylation is 1. The molecule has 2 unspecified atom stereocenters. The molecule has 1 aromatic carbocycles. The number of hydrogen-bond acceptors (Lipinski definition) is 1. The maximum atomic E-state index is 10.5. The third kappa shape index (κ3) is 2.21. The van der Waals surface area contributed by atoms with Crippen LogP contribution in [0.5, 0.6) is 0 Å². The van der Waals surface area contributed by atoms with Crippen LogP contribution in [0.2, 0.25) is 0 Å². The first kappa shape index (κ1) is 12.9. The molecular weight excluding hydrogens is 222 g/mol. The predicted octanol–water partition coefficient (Wildman–Crippen LogP) is 3.78. The van der Waals surface area contributed by atoms with E-state index in [4.69, 9.17) is 0 Å². The van der Waals surface area contributed by atoms with Crippen LogP contribution < -0.4 is 0 Å². The summed E-state index contributed by atoms with van der Waals surface area (Å²) in [5, 5.41) is 10.5. The van der Waals surface area contributed by atoms with E-state index >= 15 is 0 Å². The molecule has 2 heteroatoms. The highest BCUT2D eigenvalue weighted by Crippen LogP contribution is 2.33. The standard InChI is InChI=1S/C16H21NO/c1-10-11(2)15(17-13(10)4)16(18)12(3)14-8-6-5-7-9-14/h5-9,12,16-18H,1-4H3. The Morgan fingerprint density at radius 3 is 2.11 bits per heavy atom. The van der Waals surface area contributed by atoms with E-state index in [-0.39, 0.29) is 5.92 Å². The van der Waals surface area contributed by atoms with E-state index < -0.39 is 6.10 Å². The number of aliphatic hydroxyl groups excluding tert-OH is 1. The van der Waals surface area contributed by atoms with Gasteiger partial charge in [0.25, 0.3) is 0 Å². The molecule has 1 heterocycles. The van der Waals surface area contributed by atoms with Gasteiger partial charge in [-0.3, -0.25) is 0 Å². The zero-order chi connectivity index (χ0) is 13.3. The number of aromatic amines is 1. The van der Waals surface area contributed by atoms with Gasteiger partial charge in [0.15, 0.2) is 0 Å². The SMILES string of the molecule is Cc1[nH]c(C(O)C(C)c2ccccc2)c(C)c1C.